The Morgan fingerprint density at radius 2 is 2.03 bits per heavy atom. The second-order valence-electron chi connectivity index (χ2n) is 9.28. The molecule has 3 heterocycles. The predicted octanol–water partition coefficient (Wildman–Crippen LogP) is 3.84. The molecule has 0 spiro atoms. The highest BCUT2D eigenvalue weighted by atomic mass is 16.5. The number of pyridine rings is 1. The van der Waals surface area contributed by atoms with Gasteiger partial charge >= 0.3 is 0 Å². The minimum absolute atomic E-state index is 0.0481. The van der Waals surface area contributed by atoms with Gasteiger partial charge in [0.1, 0.15) is 11.9 Å². The van der Waals surface area contributed by atoms with Gasteiger partial charge in [-0.3, -0.25) is 9.48 Å². The number of carbonyl (C=O) groups is 1. The number of nitrogens with zero attached hydrogens (tertiary/aromatic N) is 3. The second kappa shape index (κ2) is 9.02. The van der Waals surface area contributed by atoms with E-state index in [2.05, 4.69) is 16.6 Å². The molecule has 0 bridgehead atoms. The van der Waals surface area contributed by atoms with Crippen LogP contribution in [-0.2, 0) is 0 Å². The molecular formula is C25H31N5O3. The van der Waals surface area contributed by atoms with Gasteiger partial charge in [-0.25, -0.2) is 4.98 Å². The van der Waals surface area contributed by atoms with Crippen molar-refractivity contribution in [3.05, 3.63) is 36.3 Å². The summed E-state index contributed by atoms with van der Waals surface area (Å²) in [6, 6.07) is 4.11. The number of benzene rings is 1. The third-order valence-corrected chi connectivity index (χ3v) is 6.47. The van der Waals surface area contributed by atoms with Crippen molar-refractivity contribution < 1.29 is 14.3 Å². The van der Waals surface area contributed by atoms with Crippen LogP contribution in [0, 0.1) is 0 Å². The van der Waals surface area contributed by atoms with Gasteiger partial charge in [-0.1, -0.05) is 0 Å². The van der Waals surface area contributed by atoms with Crippen LogP contribution in [-0.4, -0.2) is 46.0 Å². The summed E-state index contributed by atoms with van der Waals surface area (Å²) in [6.45, 7) is 5.63. The minimum atomic E-state index is -0.528. The van der Waals surface area contributed by atoms with Gasteiger partial charge in [-0.2, -0.15) is 5.10 Å². The average molecular weight is 450 g/mol. The zero-order valence-corrected chi connectivity index (χ0v) is 19.2. The van der Waals surface area contributed by atoms with Crippen LogP contribution in [0.15, 0.2) is 30.7 Å². The third kappa shape index (κ3) is 4.39. The Morgan fingerprint density at radius 1 is 1.18 bits per heavy atom. The van der Waals surface area contributed by atoms with Crippen molar-refractivity contribution in [1.29, 1.82) is 0 Å². The molecule has 1 saturated carbocycles. The van der Waals surface area contributed by atoms with Crippen LogP contribution in [0.1, 0.15) is 62.4 Å². The number of hydrogen-bond acceptors (Lipinski definition) is 6. The summed E-state index contributed by atoms with van der Waals surface area (Å²) in [4.78, 5) is 17.0. The number of carbonyl (C=O) groups excluding carboxylic acids is 1. The van der Waals surface area contributed by atoms with Crippen LogP contribution >= 0.6 is 0 Å². The predicted molar refractivity (Wildman–Crippen MR) is 127 cm³/mol. The summed E-state index contributed by atoms with van der Waals surface area (Å²) in [5.41, 5.74) is 7.93. The number of nitrogens with two attached hydrogens (primary N) is 1. The lowest BCUT2D eigenvalue weighted by Gasteiger charge is -2.25. The summed E-state index contributed by atoms with van der Waals surface area (Å²) in [5, 5.41) is 9.61. The number of amides is 1. The Morgan fingerprint density at radius 3 is 2.70 bits per heavy atom. The van der Waals surface area contributed by atoms with E-state index in [0.29, 0.717) is 23.2 Å². The lowest BCUT2D eigenvalue weighted by atomic mass is 9.93. The lowest BCUT2D eigenvalue weighted by molar-refractivity contribution is 0.0994. The van der Waals surface area contributed by atoms with Gasteiger partial charge in [0.2, 0.25) is 5.88 Å². The van der Waals surface area contributed by atoms with Crippen molar-refractivity contribution in [2.24, 2.45) is 5.73 Å². The Bertz CT molecular complexity index is 1160. The first-order valence-corrected chi connectivity index (χ1v) is 11.8. The fourth-order valence-electron chi connectivity index (χ4n) is 4.52. The van der Waals surface area contributed by atoms with Gasteiger partial charge < -0.3 is 20.5 Å². The molecule has 1 amide bonds. The Labute approximate surface area is 193 Å². The van der Waals surface area contributed by atoms with Gasteiger partial charge in [0.25, 0.3) is 5.91 Å². The van der Waals surface area contributed by atoms with E-state index in [-0.39, 0.29) is 12.2 Å². The first-order valence-electron chi connectivity index (χ1n) is 11.8. The number of ether oxygens (including phenoxy) is 2. The molecule has 1 atom stereocenters. The standard InChI is InChI=1S/C25H31N5O3/c1-15(2)32-23-10-20-19(9-21(23)24(26)31)22(16-11-29-30(14-16)17-5-3-6-17)13-28-25(20)33-18-7-4-8-27-12-18/h9-11,13-15,17-18,27H,3-8,12H2,1-2H3,(H2,26,31). The molecule has 2 aliphatic rings. The van der Waals surface area contributed by atoms with Crippen molar-refractivity contribution in [3.8, 4) is 22.8 Å². The molecule has 0 radical (unpaired) electrons. The topological polar surface area (TPSA) is 104 Å². The fourth-order valence-corrected chi connectivity index (χ4v) is 4.52. The average Bonchev–Trinajstić information content (AvgIpc) is 3.21. The molecule has 2 aromatic heterocycles. The zero-order valence-electron chi connectivity index (χ0n) is 19.2. The van der Waals surface area contributed by atoms with E-state index >= 15 is 0 Å². The number of piperidine rings is 1. The van der Waals surface area contributed by atoms with E-state index in [4.69, 9.17) is 20.2 Å². The molecule has 174 valence electrons. The molecule has 33 heavy (non-hydrogen) atoms. The van der Waals surface area contributed by atoms with Gasteiger partial charge in [0, 0.05) is 35.5 Å². The maximum Gasteiger partial charge on any atom is 0.252 e. The summed E-state index contributed by atoms with van der Waals surface area (Å²) < 4.78 is 14.3. The smallest absolute Gasteiger partial charge is 0.252 e. The highest BCUT2D eigenvalue weighted by Gasteiger charge is 2.23. The van der Waals surface area contributed by atoms with Crippen molar-refractivity contribution >= 4 is 16.7 Å². The SMILES string of the molecule is CC(C)Oc1cc2c(OC3CCCNC3)ncc(-c3cnn(C4CCC4)c3)c2cc1C(N)=O. The maximum atomic E-state index is 12.3. The molecular weight excluding hydrogens is 418 g/mol. The molecule has 8 nitrogen and oxygen atoms in total. The molecule has 2 fully saturated rings. The van der Waals surface area contributed by atoms with Crippen LogP contribution in [0.2, 0.25) is 0 Å². The van der Waals surface area contributed by atoms with Crippen LogP contribution in [0.25, 0.3) is 21.9 Å². The van der Waals surface area contributed by atoms with Gasteiger partial charge in [0.05, 0.1) is 23.9 Å². The zero-order chi connectivity index (χ0) is 22.9. The van der Waals surface area contributed by atoms with Crippen molar-refractivity contribution in [3.63, 3.8) is 0 Å². The monoisotopic (exact) mass is 449 g/mol. The van der Waals surface area contributed by atoms with Crippen molar-refractivity contribution in [2.75, 3.05) is 13.1 Å². The second-order valence-corrected chi connectivity index (χ2v) is 9.28. The third-order valence-electron chi connectivity index (χ3n) is 6.47. The largest absolute Gasteiger partial charge is 0.490 e. The minimum Gasteiger partial charge on any atom is -0.490 e. The normalized spacial score (nSPS) is 18.9. The van der Waals surface area contributed by atoms with Crippen molar-refractivity contribution in [2.45, 2.75) is 64.2 Å². The first kappa shape index (κ1) is 21.7. The van der Waals surface area contributed by atoms with E-state index in [1.807, 2.05) is 37.0 Å². The van der Waals surface area contributed by atoms with E-state index in [9.17, 15) is 4.79 Å². The summed E-state index contributed by atoms with van der Waals surface area (Å²) in [7, 11) is 0. The first-order chi connectivity index (χ1) is 16.0. The van der Waals surface area contributed by atoms with E-state index in [0.717, 1.165) is 60.7 Å². The van der Waals surface area contributed by atoms with Crippen molar-refractivity contribution in [1.82, 2.24) is 20.1 Å². The van der Waals surface area contributed by atoms with E-state index in [1.54, 1.807) is 6.07 Å². The van der Waals surface area contributed by atoms with Crippen LogP contribution in [0.3, 0.4) is 0 Å². The summed E-state index contributed by atoms with van der Waals surface area (Å²) >= 11 is 0. The molecule has 1 aliphatic heterocycles. The molecule has 5 rings (SSSR count). The van der Waals surface area contributed by atoms with Gasteiger partial charge in [-0.05, 0) is 70.0 Å². The van der Waals surface area contributed by atoms with E-state index in [1.165, 1.54) is 6.42 Å². The number of rotatable bonds is 7. The highest BCUT2D eigenvalue weighted by molar-refractivity contribution is 6.06. The van der Waals surface area contributed by atoms with Gasteiger partial charge in [-0.15, -0.1) is 0 Å². The van der Waals surface area contributed by atoms with Crippen LogP contribution in [0.4, 0.5) is 0 Å². The highest BCUT2D eigenvalue weighted by Crippen LogP contribution is 2.39. The lowest BCUT2D eigenvalue weighted by Crippen LogP contribution is -2.37. The van der Waals surface area contributed by atoms with Crippen LogP contribution in [0.5, 0.6) is 11.6 Å². The molecule has 3 N–H and O–H groups in total. The summed E-state index contributed by atoms with van der Waals surface area (Å²) in [6.07, 6.45) is 11.3. The van der Waals surface area contributed by atoms with Crippen LogP contribution < -0.4 is 20.5 Å². The Hall–Kier alpha value is -3.13. The molecule has 3 aromatic rings. The molecule has 1 aromatic carbocycles. The number of fused-ring (bicyclic) bond motifs is 1. The summed E-state index contributed by atoms with van der Waals surface area (Å²) in [5.74, 6) is 0.457. The Kier molecular flexibility index (Phi) is 5.93. The maximum absolute atomic E-state index is 12.3. The Balaban J connectivity index is 1.63. The van der Waals surface area contributed by atoms with E-state index < -0.39 is 5.91 Å². The van der Waals surface area contributed by atoms with Gasteiger partial charge in [0.15, 0.2) is 0 Å². The number of primary amides is 1. The molecule has 1 saturated heterocycles. The fraction of sp³-hybridized carbons (Fsp3) is 0.480. The number of nitrogens with one attached hydrogen (secondary N) is 1. The molecule has 8 heteroatoms. The molecule has 1 unspecified atom stereocenters. The number of hydrogen-bond donors (Lipinski definition) is 2. The number of aromatic nitrogens is 3. The molecule has 1 aliphatic carbocycles. The quantitative estimate of drug-likeness (QED) is 0.568.